The van der Waals surface area contributed by atoms with Gasteiger partial charge in [-0.1, -0.05) is 6.07 Å². The Balaban J connectivity index is 1.81. The Morgan fingerprint density at radius 1 is 1.29 bits per heavy atom. The molecule has 3 rings (SSSR count). The quantitative estimate of drug-likeness (QED) is 0.799. The number of anilines is 1. The summed E-state index contributed by atoms with van der Waals surface area (Å²) in [5.41, 5.74) is 6.33. The summed E-state index contributed by atoms with van der Waals surface area (Å²) in [4.78, 5) is 28.6. The van der Waals surface area contributed by atoms with E-state index in [1.54, 1.807) is 18.3 Å². The van der Waals surface area contributed by atoms with Crippen molar-refractivity contribution in [2.45, 2.75) is 25.3 Å². The first-order valence-corrected chi connectivity index (χ1v) is 7.85. The number of pyridine rings is 1. The van der Waals surface area contributed by atoms with Crippen LogP contribution in [0.2, 0.25) is 0 Å². The highest BCUT2D eigenvalue weighted by Crippen LogP contribution is 2.34. The first-order valence-electron chi connectivity index (χ1n) is 7.85. The van der Waals surface area contributed by atoms with E-state index >= 15 is 0 Å². The SMILES string of the molecule is NC(CC(=O)c1c(F)cccc1NC(=O)c1cccnc1)C1CC1. The number of nitrogens with zero attached hydrogens (tertiary/aromatic N) is 1. The van der Waals surface area contributed by atoms with Crippen LogP contribution >= 0.6 is 0 Å². The molecular weight excluding hydrogens is 309 g/mol. The Morgan fingerprint density at radius 3 is 2.75 bits per heavy atom. The predicted molar refractivity (Wildman–Crippen MR) is 88.2 cm³/mol. The molecule has 124 valence electrons. The third-order valence-electron chi connectivity index (χ3n) is 4.11. The Kier molecular flexibility index (Phi) is 4.66. The molecule has 5 nitrogen and oxygen atoms in total. The summed E-state index contributed by atoms with van der Waals surface area (Å²) in [6.07, 6.45) is 5.04. The Hall–Kier alpha value is -2.60. The van der Waals surface area contributed by atoms with Crippen molar-refractivity contribution in [3.8, 4) is 0 Å². The molecule has 1 heterocycles. The van der Waals surface area contributed by atoms with Crippen LogP contribution in [0.4, 0.5) is 10.1 Å². The molecule has 3 N–H and O–H groups in total. The third kappa shape index (κ3) is 3.65. The van der Waals surface area contributed by atoms with Crippen LogP contribution in [-0.4, -0.2) is 22.7 Å². The summed E-state index contributed by atoms with van der Waals surface area (Å²) in [6.45, 7) is 0. The Morgan fingerprint density at radius 2 is 2.08 bits per heavy atom. The lowest BCUT2D eigenvalue weighted by atomic mass is 9.99. The predicted octanol–water partition coefficient (Wildman–Crippen LogP) is 2.78. The molecule has 1 saturated carbocycles. The van der Waals surface area contributed by atoms with Gasteiger partial charge in [-0.3, -0.25) is 14.6 Å². The van der Waals surface area contributed by atoms with Gasteiger partial charge in [-0.15, -0.1) is 0 Å². The van der Waals surface area contributed by atoms with Crippen LogP contribution in [0.3, 0.4) is 0 Å². The third-order valence-corrected chi connectivity index (χ3v) is 4.11. The van der Waals surface area contributed by atoms with Crippen LogP contribution in [0, 0.1) is 11.7 Å². The molecule has 0 saturated heterocycles. The van der Waals surface area contributed by atoms with Crippen LogP contribution in [0.15, 0.2) is 42.7 Å². The molecule has 1 atom stereocenters. The van der Waals surface area contributed by atoms with Crippen LogP contribution in [0.25, 0.3) is 0 Å². The van der Waals surface area contributed by atoms with E-state index in [-0.39, 0.29) is 23.7 Å². The number of hydrogen-bond donors (Lipinski definition) is 2. The highest BCUT2D eigenvalue weighted by atomic mass is 19.1. The van der Waals surface area contributed by atoms with E-state index in [0.29, 0.717) is 11.5 Å². The van der Waals surface area contributed by atoms with Crippen LogP contribution in [0.1, 0.15) is 40.0 Å². The van der Waals surface area contributed by atoms with Crippen molar-refractivity contribution in [3.05, 3.63) is 59.7 Å². The van der Waals surface area contributed by atoms with E-state index < -0.39 is 17.5 Å². The topological polar surface area (TPSA) is 85.1 Å². The fourth-order valence-corrected chi connectivity index (χ4v) is 2.61. The summed E-state index contributed by atoms with van der Waals surface area (Å²) in [6, 6.07) is 7.11. The summed E-state index contributed by atoms with van der Waals surface area (Å²) in [7, 11) is 0. The molecule has 6 heteroatoms. The van der Waals surface area contributed by atoms with E-state index in [0.717, 1.165) is 12.8 Å². The minimum absolute atomic E-state index is 0.0708. The average molecular weight is 327 g/mol. The van der Waals surface area contributed by atoms with Crippen molar-refractivity contribution in [2.24, 2.45) is 11.7 Å². The van der Waals surface area contributed by atoms with Gasteiger partial charge in [0.2, 0.25) is 0 Å². The normalized spacial score (nSPS) is 14.9. The minimum Gasteiger partial charge on any atom is -0.327 e. The maximum atomic E-state index is 14.2. The monoisotopic (exact) mass is 327 g/mol. The zero-order chi connectivity index (χ0) is 17.1. The lowest BCUT2D eigenvalue weighted by Gasteiger charge is -2.14. The van der Waals surface area contributed by atoms with Crippen molar-refractivity contribution < 1.29 is 14.0 Å². The first kappa shape index (κ1) is 16.3. The lowest BCUT2D eigenvalue weighted by Crippen LogP contribution is -2.27. The first-order chi connectivity index (χ1) is 11.6. The molecule has 1 fully saturated rings. The molecule has 0 spiro atoms. The molecule has 1 amide bonds. The number of nitrogens with one attached hydrogen (secondary N) is 1. The lowest BCUT2D eigenvalue weighted by molar-refractivity contribution is 0.0968. The smallest absolute Gasteiger partial charge is 0.257 e. The molecule has 1 aliphatic carbocycles. The second-order valence-electron chi connectivity index (χ2n) is 5.99. The molecule has 24 heavy (non-hydrogen) atoms. The molecule has 1 unspecified atom stereocenters. The Bertz CT molecular complexity index is 760. The largest absolute Gasteiger partial charge is 0.327 e. The molecule has 2 aromatic rings. The number of amides is 1. The number of ketones is 1. The maximum absolute atomic E-state index is 14.2. The highest BCUT2D eigenvalue weighted by Gasteiger charge is 2.31. The number of aromatic nitrogens is 1. The minimum atomic E-state index is -0.660. The number of nitrogens with two attached hydrogens (primary N) is 1. The van der Waals surface area contributed by atoms with Gasteiger partial charge in [-0.05, 0) is 43.0 Å². The van der Waals surface area contributed by atoms with Crippen molar-refractivity contribution >= 4 is 17.4 Å². The van der Waals surface area contributed by atoms with Gasteiger partial charge in [-0.2, -0.15) is 0 Å². The molecular formula is C18H18FN3O2. The standard InChI is InChI=1S/C18H18FN3O2/c19-13-4-1-5-15(22-18(24)12-3-2-8-21-10-12)17(13)16(23)9-14(20)11-6-7-11/h1-5,8,10-11,14H,6-7,9,20H2,(H,22,24). The second-order valence-corrected chi connectivity index (χ2v) is 5.99. The number of rotatable bonds is 6. The maximum Gasteiger partial charge on any atom is 0.257 e. The van der Waals surface area contributed by atoms with E-state index in [2.05, 4.69) is 10.3 Å². The molecule has 0 radical (unpaired) electrons. The van der Waals surface area contributed by atoms with Gasteiger partial charge in [0.25, 0.3) is 5.91 Å². The fraction of sp³-hybridized carbons (Fsp3) is 0.278. The average Bonchev–Trinajstić information content (AvgIpc) is 3.40. The van der Waals surface area contributed by atoms with Gasteiger partial charge in [0, 0.05) is 24.9 Å². The summed E-state index contributed by atoms with van der Waals surface area (Å²) < 4.78 is 14.2. The van der Waals surface area contributed by atoms with Crippen LogP contribution < -0.4 is 11.1 Å². The number of halogens is 1. The van der Waals surface area contributed by atoms with Gasteiger partial charge in [0.15, 0.2) is 5.78 Å². The molecule has 1 aromatic carbocycles. The van der Waals surface area contributed by atoms with Gasteiger partial charge in [0.1, 0.15) is 5.82 Å². The van der Waals surface area contributed by atoms with Crippen molar-refractivity contribution in [3.63, 3.8) is 0 Å². The van der Waals surface area contributed by atoms with Gasteiger partial charge >= 0.3 is 0 Å². The van der Waals surface area contributed by atoms with Gasteiger partial charge in [-0.25, -0.2) is 4.39 Å². The van der Waals surface area contributed by atoms with Gasteiger partial charge < -0.3 is 11.1 Å². The zero-order valence-corrected chi connectivity index (χ0v) is 13.0. The molecule has 1 aromatic heterocycles. The van der Waals surface area contributed by atoms with Crippen LogP contribution in [-0.2, 0) is 0 Å². The molecule has 0 bridgehead atoms. The summed E-state index contributed by atoms with van der Waals surface area (Å²) >= 11 is 0. The van der Waals surface area contributed by atoms with Gasteiger partial charge in [0.05, 0.1) is 16.8 Å². The van der Waals surface area contributed by atoms with Crippen LogP contribution in [0.5, 0.6) is 0 Å². The fourth-order valence-electron chi connectivity index (χ4n) is 2.61. The number of Topliss-reactive ketones (excluding diaryl/α,β-unsaturated/α-hetero) is 1. The number of benzene rings is 1. The van der Waals surface area contributed by atoms with Crippen molar-refractivity contribution in [1.82, 2.24) is 4.98 Å². The van der Waals surface area contributed by atoms with E-state index in [1.807, 2.05) is 0 Å². The zero-order valence-electron chi connectivity index (χ0n) is 13.0. The van der Waals surface area contributed by atoms with Crippen molar-refractivity contribution in [2.75, 3.05) is 5.32 Å². The van der Waals surface area contributed by atoms with E-state index in [9.17, 15) is 14.0 Å². The summed E-state index contributed by atoms with van der Waals surface area (Å²) in [5, 5.41) is 2.59. The Labute approximate surface area is 139 Å². The number of carbonyl (C=O) groups excluding carboxylic acids is 2. The molecule has 0 aliphatic heterocycles. The highest BCUT2D eigenvalue weighted by molar-refractivity contribution is 6.09. The second kappa shape index (κ2) is 6.88. The number of carbonyl (C=O) groups is 2. The number of hydrogen-bond acceptors (Lipinski definition) is 4. The van der Waals surface area contributed by atoms with E-state index in [4.69, 9.17) is 5.73 Å². The van der Waals surface area contributed by atoms with E-state index in [1.165, 1.54) is 24.4 Å². The molecule has 1 aliphatic rings. The van der Waals surface area contributed by atoms with Crippen molar-refractivity contribution in [1.29, 1.82) is 0 Å². The summed E-state index contributed by atoms with van der Waals surface area (Å²) in [5.74, 6) is -1.16.